The van der Waals surface area contributed by atoms with E-state index >= 15 is 0 Å². The molecule has 4 rings (SSSR count). The average Bonchev–Trinajstić information content (AvgIpc) is 3.18. The predicted molar refractivity (Wildman–Crippen MR) is 123 cm³/mol. The number of nitrogens with zero attached hydrogens (tertiary/aromatic N) is 3. The van der Waals surface area contributed by atoms with Gasteiger partial charge in [0.05, 0.1) is 23.9 Å². The summed E-state index contributed by atoms with van der Waals surface area (Å²) in [5.41, 5.74) is 3.30. The van der Waals surface area contributed by atoms with Crippen LogP contribution in [0.5, 0.6) is 0 Å². The first-order valence-corrected chi connectivity index (χ1v) is 10.6. The van der Waals surface area contributed by atoms with Crippen molar-refractivity contribution >= 4 is 28.6 Å². The van der Waals surface area contributed by atoms with Crippen LogP contribution < -0.4 is 5.32 Å². The summed E-state index contributed by atoms with van der Waals surface area (Å²) in [6.07, 6.45) is 1.25. The number of ether oxygens (including phenoxy) is 1. The Balaban J connectivity index is 1.85. The highest BCUT2D eigenvalue weighted by Crippen LogP contribution is 2.27. The van der Waals surface area contributed by atoms with Gasteiger partial charge in [-0.1, -0.05) is 11.6 Å². The highest BCUT2D eigenvalue weighted by molar-refractivity contribution is 6.07. The Labute approximate surface area is 194 Å². The van der Waals surface area contributed by atoms with Crippen molar-refractivity contribution in [1.29, 1.82) is 0 Å². The molecule has 0 aliphatic rings. The maximum Gasteiger partial charge on any atom is 0.343 e. The molecule has 1 N–H and O–H groups in total. The fourth-order valence-corrected chi connectivity index (χ4v) is 3.78. The van der Waals surface area contributed by atoms with Crippen molar-refractivity contribution in [1.82, 2.24) is 14.8 Å². The molecule has 0 aliphatic heterocycles. The Hall–Kier alpha value is -4.14. The molecule has 0 bridgehead atoms. The lowest BCUT2D eigenvalue weighted by molar-refractivity contribution is 0.0527. The lowest BCUT2D eigenvalue weighted by Crippen LogP contribution is -2.19. The summed E-state index contributed by atoms with van der Waals surface area (Å²) in [6.45, 7) is 7.62. The summed E-state index contributed by atoms with van der Waals surface area (Å²) in [7, 11) is 0. The fourth-order valence-electron chi connectivity index (χ4n) is 3.78. The van der Waals surface area contributed by atoms with Gasteiger partial charge < -0.3 is 10.1 Å². The van der Waals surface area contributed by atoms with Gasteiger partial charge in [-0.2, -0.15) is 9.78 Å². The number of pyridine rings is 1. The maximum atomic E-state index is 14.2. The Morgan fingerprint density at radius 2 is 1.79 bits per heavy atom. The zero-order chi connectivity index (χ0) is 24.6. The van der Waals surface area contributed by atoms with Crippen molar-refractivity contribution in [2.45, 2.75) is 27.7 Å². The first kappa shape index (κ1) is 23.0. The molecule has 0 spiro atoms. The van der Waals surface area contributed by atoms with Gasteiger partial charge in [0.25, 0.3) is 5.91 Å². The van der Waals surface area contributed by atoms with Crippen LogP contribution >= 0.6 is 0 Å². The van der Waals surface area contributed by atoms with Gasteiger partial charge >= 0.3 is 5.97 Å². The third-order valence-corrected chi connectivity index (χ3v) is 5.33. The number of hydrogen-bond acceptors (Lipinski definition) is 5. The summed E-state index contributed by atoms with van der Waals surface area (Å²) >= 11 is 0. The van der Waals surface area contributed by atoms with Crippen LogP contribution in [0.2, 0.25) is 0 Å². The summed E-state index contributed by atoms with van der Waals surface area (Å²) in [6, 6.07) is 8.41. The topological polar surface area (TPSA) is 86.1 Å². The predicted octanol–water partition coefficient (Wildman–Crippen LogP) is 5.05. The number of aryl methyl sites for hydroxylation is 3. The van der Waals surface area contributed by atoms with Crippen LogP contribution in [0.3, 0.4) is 0 Å². The van der Waals surface area contributed by atoms with E-state index in [2.05, 4.69) is 10.4 Å². The molecule has 174 valence electrons. The third-order valence-electron chi connectivity index (χ3n) is 5.33. The molecule has 2 heterocycles. The number of fused-ring (bicyclic) bond motifs is 1. The van der Waals surface area contributed by atoms with E-state index in [0.29, 0.717) is 11.9 Å². The fraction of sp³-hybridized carbons (Fsp3) is 0.200. The van der Waals surface area contributed by atoms with E-state index in [1.54, 1.807) is 13.0 Å². The molecular weight excluding hydrogens is 442 g/mol. The van der Waals surface area contributed by atoms with Crippen molar-refractivity contribution in [2.75, 3.05) is 11.9 Å². The molecule has 0 aliphatic carbocycles. The molecule has 0 atom stereocenters. The number of esters is 1. The SMILES string of the molecule is CCOC(=O)c1cnn(-c2cc(C)c3cc(C)cc(C)c3n2)c1NC(=O)c1ccc(F)cc1F. The van der Waals surface area contributed by atoms with Crippen molar-refractivity contribution in [2.24, 2.45) is 0 Å². The highest BCUT2D eigenvalue weighted by atomic mass is 19.1. The molecule has 0 unspecified atom stereocenters. The number of nitrogens with one attached hydrogen (secondary N) is 1. The van der Waals surface area contributed by atoms with E-state index in [-0.39, 0.29) is 18.0 Å². The van der Waals surface area contributed by atoms with E-state index in [0.717, 1.165) is 39.7 Å². The molecule has 0 radical (unpaired) electrons. The van der Waals surface area contributed by atoms with Crippen molar-refractivity contribution in [3.63, 3.8) is 0 Å². The first-order chi connectivity index (χ1) is 16.2. The Morgan fingerprint density at radius 3 is 2.50 bits per heavy atom. The standard InChI is InChI=1S/C25H22F2N4O3/c1-5-34-25(33)19-12-28-31(23(19)30-24(32)17-7-6-16(26)11-20(17)27)21-10-14(3)18-9-13(2)8-15(4)22(18)29-21/h6-12H,5H2,1-4H3,(H,30,32). The molecule has 9 heteroatoms. The second kappa shape index (κ2) is 9.01. The van der Waals surface area contributed by atoms with Gasteiger partial charge in [-0.3, -0.25) is 4.79 Å². The Kier molecular flexibility index (Phi) is 6.10. The maximum absolute atomic E-state index is 14.2. The minimum atomic E-state index is -1.04. The van der Waals surface area contributed by atoms with Gasteiger partial charge in [-0.25, -0.2) is 18.6 Å². The van der Waals surface area contributed by atoms with Crippen LogP contribution in [0.4, 0.5) is 14.6 Å². The zero-order valence-corrected chi connectivity index (χ0v) is 19.1. The summed E-state index contributed by atoms with van der Waals surface area (Å²) in [5.74, 6) is -3.13. The number of carbonyl (C=O) groups is 2. The number of anilines is 1. The minimum Gasteiger partial charge on any atom is -0.462 e. The third kappa shape index (κ3) is 4.24. The minimum absolute atomic E-state index is 0.0297. The Bertz CT molecular complexity index is 1450. The zero-order valence-electron chi connectivity index (χ0n) is 19.1. The van der Waals surface area contributed by atoms with Crippen LogP contribution in [-0.4, -0.2) is 33.2 Å². The number of benzene rings is 2. The van der Waals surface area contributed by atoms with Crippen molar-refractivity contribution < 1.29 is 23.1 Å². The first-order valence-electron chi connectivity index (χ1n) is 10.6. The van der Waals surface area contributed by atoms with Gasteiger partial charge in [-0.15, -0.1) is 0 Å². The van der Waals surface area contributed by atoms with E-state index in [1.807, 2.05) is 32.9 Å². The molecule has 0 saturated heterocycles. The smallest absolute Gasteiger partial charge is 0.343 e. The molecule has 7 nitrogen and oxygen atoms in total. The lowest BCUT2D eigenvalue weighted by atomic mass is 10.0. The molecule has 2 aromatic heterocycles. The molecule has 4 aromatic rings. The number of halogens is 2. The number of aromatic nitrogens is 3. The van der Waals surface area contributed by atoms with Gasteiger partial charge in [0.2, 0.25) is 0 Å². The van der Waals surface area contributed by atoms with Crippen LogP contribution in [0.15, 0.2) is 42.6 Å². The second-order valence-electron chi connectivity index (χ2n) is 7.89. The van der Waals surface area contributed by atoms with E-state index in [1.165, 1.54) is 10.9 Å². The molecule has 0 fully saturated rings. The molecule has 0 saturated carbocycles. The molecule has 2 aromatic carbocycles. The summed E-state index contributed by atoms with van der Waals surface area (Å²) < 4.78 is 33.9. The average molecular weight is 464 g/mol. The number of carbonyl (C=O) groups excluding carboxylic acids is 2. The van der Waals surface area contributed by atoms with Crippen molar-refractivity contribution in [3.8, 4) is 5.82 Å². The van der Waals surface area contributed by atoms with Gasteiger partial charge in [-0.05, 0) is 63.1 Å². The summed E-state index contributed by atoms with van der Waals surface area (Å²) in [5, 5.41) is 7.75. The van der Waals surface area contributed by atoms with Gasteiger partial charge in [0, 0.05) is 11.5 Å². The molecule has 1 amide bonds. The second-order valence-corrected chi connectivity index (χ2v) is 7.89. The Morgan fingerprint density at radius 1 is 1.03 bits per heavy atom. The van der Waals surface area contributed by atoms with E-state index < -0.39 is 29.1 Å². The number of amides is 1. The summed E-state index contributed by atoms with van der Waals surface area (Å²) in [4.78, 5) is 30.1. The molecular formula is C25H22F2N4O3. The molecule has 34 heavy (non-hydrogen) atoms. The van der Waals surface area contributed by atoms with Crippen LogP contribution in [-0.2, 0) is 4.74 Å². The quantitative estimate of drug-likeness (QED) is 0.418. The monoisotopic (exact) mass is 464 g/mol. The van der Waals surface area contributed by atoms with Gasteiger partial charge in [0.1, 0.15) is 17.2 Å². The van der Waals surface area contributed by atoms with Crippen LogP contribution in [0.1, 0.15) is 44.3 Å². The van der Waals surface area contributed by atoms with E-state index in [9.17, 15) is 18.4 Å². The van der Waals surface area contributed by atoms with Crippen molar-refractivity contribution in [3.05, 3.63) is 82.0 Å². The lowest BCUT2D eigenvalue weighted by Gasteiger charge is -2.13. The number of rotatable bonds is 5. The normalized spacial score (nSPS) is 11.0. The van der Waals surface area contributed by atoms with Crippen LogP contribution in [0.25, 0.3) is 16.7 Å². The number of hydrogen-bond donors (Lipinski definition) is 1. The van der Waals surface area contributed by atoms with Crippen LogP contribution in [0, 0.1) is 32.4 Å². The van der Waals surface area contributed by atoms with Gasteiger partial charge in [0.15, 0.2) is 11.6 Å². The largest absolute Gasteiger partial charge is 0.462 e. The highest BCUT2D eigenvalue weighted by Gasteiger charge is 2.24. The van der Waals surface area contributed by atoms with E-state index in [4.69, 9.17) is 9.72 Å².